The lowest BCUT2D eigenvalue weighted by atomic mass is 9.87. The van der Waals surface area contributed by atoms with Crippen molar-refractivity contribution in [2.24, 2.45) is 0 Å². The molecule has 0 amide bonds. The highest BCUT2D eigenvalue weighted by molar-refractivity contribution is 6.30. The Morgan fingerprint density at radius 1 is 0.196 bits per heavy atom. The molecule has 0 atom stereocenters. The van der Waals surface area contributed by atoms with Crippen LogP contribution in [0.5, 0.6) is 0 Å². The van der Waals surface area contributed by atoms with Gasteiger partial charge in [0.1, 0.15) is 33.5 Å². The summed E-state index contributed by atoms with van der Waals surface area (Å²) < 4.78 is 27.7. The van der Waals surface area contributed by atoms with Gasteiger partial charge in [0, 0.05) is 124 Å². The molecule has 0 aliphatic heterocycles. The number of para-hydroxylation sites is 2. The summed E-state index contributed by atoms with van der Waals surface area (Å²) in [5, 5.41) is 8.44. The Kier molecular flexibility index (Phi) is 18.0. The van der Waals surface area contributed by atoms with Crippen molar-refractivity contribution in [3.05, 3.63) is 336 Å². The second-order valence-electron chi connectivity index (χ2n) is 34.6. The molecule has 0 bridgehead atoms. The molecule has 4 aromatic heterocycles. The molecular weight excluding hydrogens is 1370 g/mol. The van der Waals surface area contributed by atoms with E-state index in [0.29, 0.717) is 0 Å². The van der Waals surface area contributed by atoms with Gasteiger partial charge in [-0.1, -0.05) is 228 Å². The van der Waals surface area contributed by atoms with E-state index in [1.807, 2.05) is 12.1 Å². The smallest absolute Gasteiger partial charge is 0.160 e. The quantitative estimate of drug-likeness (QED) is 0.120. The number of hydrogen-bond donors (Lipinski definition) is 0. The summed E-state index contributed by atoms with van der Waals surface area (Å²) in [6.07, 6.45) is 0. The number of rotatable bonds is 12. The molecular formula is C104H96N4O4. The van der Waals surface area contributed by atoms with Crippen LogP contribution in [-0.4, -0.2) is 0 Å². The molecule has 0 spiro atoms. The van der Waals surface area contributed by atoms with Crippen LogP contribution >= 0.6 is 0 Å². The van der Waals surface area contributed by atoms with Crippen molar-refractivity contribution in [2.45, 2.75) is 132 Å². The molecule has 112 heavy (non-hydrogen) atoms. The van der Waals surface area contributed by atoms with Crippen molar-refractivity contribution >= 4 is 156 Å². The van der Waals surface area contributed by atoms with Crippen molar-refractivity contribution < 1.29 is 17.7 Å². The number of aryl methyl sites for hydroxylation is 4. The number of anilines is 12. The fourth-order valence-electron chi connectivity index (χ4n) is 16.0. The van der Waals surface area contributed by atoms with Crippen LogP contribution in [0.25, 0.3) is 87.8 Å². The minimum absolute atomic E-state index is 0.0372. The summed E-state index contributed by atoms with van der Waals surface area (Å²) in [7, 11) is 0. The lowest BCUT2D eigenvalue weighted by Crippen LogP contribution is -2.13. The van der Waals surface area contributed by atoms with Crippen LogP contribution in [0.3, 0.4) is 0 Å². The van der Waals surface area contributed by atoms with Crippen molar-refractivity contribution in [1.82, 2.24) is 0 Å². The Morgan fingerprint density at radius 2 is 0.473 bits per heavy atom. The Balaban J connectivity index is 0.000000163. The van der Waals surface area contributed by atoms with Crippen molar-refractivity contribution in [3.63, 3.8) is 0 Å². The Hall–Kier alpha value is -12.5. The van der Waals surface area contributed by atoms with Crippen LogP contribution in [0.2, 0.25) is 0 Å². The molecule has 0 radical (unpaired) electrons. The topological polar surface area (TPSA) is 65.5 Å². The lowest BCUT2D eigenvalue weighted by molar-refractivity contribution is 0.590. The van der Waals surface area contributed by atoms with Gasteiger partial charge in [-0.2, -0.15) is 0 Å². The zero-order valence-electron chi connectivity index (χ0n) is 67.1. The van der Waals surface area contributed by atoms with Gasteiger partial charge >= 0.3 is 0 Å². The lowest BCUT2D eigenvalue weighted by Gasteiger charge is -2.27. The number of furan rings is 4. The zero-order valence-corrected chi connectivity index (χ0v) is 67.1. The van der Waals surface area contributed by atoms with E-state index in [1.54, 1.807) is 0 Å². The highest BCUT2D eigenvalue weighted by Crippen LogP contribution is 2.53. The number of hydrogen-bond acceptors (Lipinski definition) is 8. The van der Waals surface area contributed by atoms with E-state index in [9.17, 15) is 0 Å². The zero-order chi connectivity index (χ0) is 77.9. The van der Waals surface area contributed by atoms with Gasteiger partial charge in [0.15, 0.2) is 11.2 Å². The summed E-state index contributed by atoms with van der Waals surface area (Å²) in [5.41, 5.74) is 29.3. The van der Waals surface area contributed by atoms with E-state index in [1.165, 1.54) is 44.5 Å². The van der Waals surface area contributed by atoms with Crippen LogP contribution < -0.4 is 19.6 Å². The highest BCUT2D eigenvalue weighted by Gasteiger charge is 2.30. The maximum absolute atomic E-state index is 6.98. The predicted molar refractivity (Wildman–Crippen MR) is 474 cm³/mol. The molecule has 556 valence electrons. The fraction of sp³-hybridized carbons (Fsp3) is 0.192. The number of nitrogens with zero attached hydrogens (tertiary/aromatic N) is 4. The van der Waals surface area contributed by atoms with Crippen LogP contribution in [-0.2, 0) is 21.7 Å². The molecule has 8 heteroatoms. The Morgan fingerprint density at radius 3 is 0.812 bits per heavy atom. The van der Waals surface area contributed by atoms with Gasteiger partial charge in [-0.25, -0.2) is 0 Å². The highest BCUT2D eigenvalue weighted by atomic mass is 16.3. The molecule has 0 saturated heterocycles. The third-order valence-electron chi connectivity index (χ3n) is 22.2. The minimum Gasteiger partial charge on any atom is -0.456 e. The average molecular weight is 1470 g/mol. The molecule has 4 heterocycles. The van der Waals surface area contributed by atoms with Crippen LogP contribution in [0.15, 0.2) is 309 Å². The summed E-state index contributed by atoms with van der Waals surface area (Å²) in [6, 6.07) is 105. The van der Waals surface area contributed by atoms with E-state index in [4.69, 9.17) is 17.7 Å². The molecule has 0 aliphatic rings. The molecule has 0 N–H and O–H groups in total. The molecule has 18 rings (SSSR count). The fourth-order valence-corrected chi connectivity index (χ4v) is 16.0. The van der Waals surface area contributed by atoms with Crippen LogP contribution in [0.4, 0.5) is 68.2 Å². The van der Waals surface area contributed by atoms with Gasteiger partial charge in [0.2, 0.25) is 0 Å². The van der Waals surface area contributed by atoms with E-state index >= 15 is 0 Å². The van der Waals surface area contributed by atoms with Gasteiger partial charge < -0.3 is 37.3 Å². The molecule has 0 unspecified atom stereocenters. The van der Waals surface area contributed by atoms with E-state index in [2.05, 4.69) is 409 Å². The van der Waals surface area contributed by atoms with Crippen LogP contribution in [0, 0.1) is 27.7 Å². The average Bonchev–Trinajstić information content (AvgIpc) is 1.56. The van der Waals surface area contributed by atoms with Crippen molar-refractivity contribution in [2.75, 3.05) is 19.6 Å². The first-order valence-corrected chi connectivity index (χ1v) is 39.2. The maximum Gasteiger partial charge on any atom is 0.160 e. The van der Waals surface area contributed by atoms with E-state index in [0.717, 1.165) is 156 Å². The summed E-state index contributed by atoms with van der Waals surface area (Å²) in [4.78, 5) is 9.24. The number of benzene rings is 14. The normalized spacial score (nSPS) is 12.3. The van der Waals surface area contributed by atoms with Gasteiger partial charge in [-0.3, -0.25) is 0 Å². The van der Waals surface area contributed by atoms with Crippen molar-refractivity contribution in [1.29, 1.82) is 0 Å². The molecule has 0 saturated carbocycles. The predicted octanol–water partition coefficient (Wildman–Crippen LogP) is 31.3. The van der Waals surface area contributed by atoms with E-state index in [-0.39, 0.29) is 21.7 Å². The van der Waals surface area contributed by atoms with E-state index < -0.39 is 0 Å². The van der Waals surface area contributed by atoms with Gasteiger partial charge in [0.25, 0.3) is 0 Å². The first kappa shape index (κ1) is 72.3. The van der Waals surface area contributed by atoms with Crippen LogP contribution in [0.1, 0.15) is 128 Å². The summed E-state index contributed by atoms with van der Waals surface area (Å²) in [6.45, 7) is 35.6. The van der Waals surface area contributed by atoms with Crippen molar-refractivity contribution in [3.8, 4) is 0 Å². The first-order valence-electron chi connectivity index (χ1n) is 39.2. The number of fused-ring (bicyclic) bond motifs is 14. The Labute approximate surface area is 657 Å². The second kappa shape index (κ2) is 27.8. The molecule has 0 aliphatic carbocycles. The minimum atomic E-state index is 0.0372. The second-order valence-corrected chi connectivity index (χ2v) is 34.6. The molecule has 18 aromatic rings. The van der Waals surface area contributed by atoms with Gasteiger partial charge in [-0.05, 0) is 216 Å². The monoisotopic (exact) mass is 1460 g/mol. The van der Waals surface area contributed by atoms with Gasteiger partial charge in [0.05, 0.1) is 11.4 Å². The Bertz CT molecular complexity index is 6560. The molecule has 0 fully saturated rings. The summed E-state index contributed by atoms with van der Waals surface area (Å²) in [5.74, 6) is 0. The molecule has 8 nitrogen and oxygen atoms in total. The first-order chi connectivity index (χ1) is 53.7. The molecule has 14 aromatic carbocycles. The third-order valence-corrected chi connectivity index (χ3v) is 22.2. The third kappa shape index (κ3) is 13.5. The van der Waals surface area contributed by atoms with Gasteiger partial charge in [-0.15, -0.1) is 0 Å². The summed E-state index contributed by atoms with van der Waals surface area (Å²) >= 11 is 0. The largest absolute Gasteiger partial charge is 0.456 e. The standard InChI is InChI=1S/2C52H48N2O2/c1-33-13-11-15-39(29-33)53(37-23-19-35(20-24-37)51(3,4)5)41-27-28-43-46(31-41)55-47-32-44(50-49(48(43)47)42-17-9-10-18-45(42)56-50)54(40-16-12-14-34(2)30-40)38-25-21-36(22-26-38)52(6,7)8;1-33-13-21-37(22-14-33)53(38-25-17-35(18-26-38)51(3,4)5)41-29-30-43-46(31-41)55-47-32-44(50-49(48(43)47)42-11-9-10-12-45(42)56-50)54(39-23-15-34(2)16-24-39)40-27-19-36(20-28-40)52(6,7)8/h2*9-32H,1-8H3. The maximum atomic E-state index is 6.98. The SMILES string of the molecule is Cc1ccc(N(c2ccc(C(C)(C)C)cc2)c2ccc3c(c2)oc2cc(N(c4ccc(C)cc4)c4ccc(C(C)(C)C)cc4)c4oc5ccccc5c4c23)cc1.Cc1cccc(N(c2ccc(C(C)(C)C)cc2)c2ccc3c(c2)oc2cc(N(c4ccc(C(C)(C)C)cc4)c4cccc(C)c4)c4oc5ccccc5c4c23)c1.